The molecule has 0 aromatic heterocycles. The van der Waals surface area contributed by atoms with E-state index in [4.69, 9.17) is 0 Å². The number of alkyl halides is 5. The van der Waals surface area contributed by atoms with Crippen LogP contribution in [0.3, 0.4) is 0 Å². The van der Waals surface area contributed by atoms with Gasteiger partial charge in [0, 0.05) is 5.56 Å². The summed E-state index contributed by atoms with van der Waals surface area (Å²) in [5.41, 5.74) is -1.86. The molecule has 0 saturated carbocycles. The van der Waals surface area contributed by atoms with Crippen LogP contribution in [-0.2, 0) is 6.18 Å². The predicted octanol–water partition coefficient (Wildman–Crippen LogP) is 4.72. The highest BCUT2D eigenvalue weighted by Crippen LogP contribution is 2.35. The van der Waals surface area contributed by atoms with Crippen LogP contribution < -0.4 is 0 Å². The van der Waals surface area contributed by atoms with Gasteiger partial charge in [0.25, 0.3) is 6.43 Å². The van der Waals surface area contributed by atoms with Crippen LogP contribution in [0.5, 0.6) is 0 Å². The zero-order valence-corrected chi connectivity index (χ0v) is 10.6. The van der Waals surface area contributed by atoms with Crippen LogP contribution in [0.25, 0.3) is 0 Å². The molecule has 0 aliphatic heterocycles. The van der Waals surface area contributed by atoms with Gasteiger partial charge in [-0.25, -0.2) is 8.78 Å². The number of hydrogen-bond donors (Lipinski definition) is 1. The highest BCUT2D eigenvalue weighted by atomic mass is 19.4. The van der Waals surface area contributed by atoms with E-state index in [-0.39, 0.29) is 5.56 Å². The highest BCUT2D eigenvalue weighted by Gasteiger charge is 2.32. The molecule has 6 heteroatoms. The molecule has 1 N–H and O–H groups in total. The molecule has 0 aliphatic rings. The van der Waals surface area contributed by atoms with E-state index in [1.807, 2.05) is 0 Å². The Morgan fingerprint density at radius 2 is 1.38 bits per heavy atom. The zero-order chi connectivity index (χ0) is 15.6. The number of aliphatic hydroxyl groups is 1. The van der Waals surface area contributed by atoms with E-state index in [1.54, 1.807) is 18.2 Å². The van der Waals surface area contributed by atoms with Crippen molar-refractivity contribution in [2.75, 3.05) is 0 Å². The monoisotopic (exact) mass is 302 g/mol. The third-order valence-electron chi connectivity index (χ3n) is 2.99. The smallest absolute Gasteiger partial charge is 0.384 e. The van der Waals surface area contributed by atoms with Crippen LogP contribution in [0.15, 0.2) is 48.5 Å². The number of hydrogen-bond acceptors (Lipinski definition) is 1. The molecule has 2 aromatic rings. The molecular formula is C15H11F5O. The molecule has 1 nitrogen and oxygen atoms in total. The summed E-state index contributed by atoms with van der Waals surface area (Å²) in [6.07, 6.45) is -9.20. The van der Waals surface area contributed by atoms with Crippen molar-refractivity contribution in [3.8, 4) is 0 Å². The van der Waals surface area contributed by atoms with Crippen molar-refractivity contribution in [3.63, 3.8) is 0 Å². The molecule has 0 saturated heterocycles. The van der Waals surface area contributed by atoms with Gasteiger partial charge in [0.1, 0.15) is 6.10 Å². The molecule has 0 heterocycles. The zero-order valence-electron chi connectivity index (χ0n) is 10.6. The van der Waals surface area contributed by atoms with Crippen molar-refractivity contribution in [1.82, 2.24) is 0 Å². The molecule has 21 heavy (non-hydrogen) atoms. The molecule has 2 aromatic carbocycles. The lowest BCUT2D eigenvalue weighted by Crippen LogP contribution is -2.09. The Morgan fingerprint density at radius 1 is 0.810 bits per heavy atom. The second kappa shape index (κ2) is 5.81. The fraction of sp³-hybridized carbons (Fsp3) is 0.200. The number of rotatable bonds is 3. The van der Waals surface area contributed by atoms with Gasteiger partial charge < -0.3 is 5.11 Å². The quantitative estimate of drug-likeness (QED) is 0.813. The van der Waals surface area contributed by atoms with Crippen molar-refractivity contribution in [2.24, 2.45) is 0 Å². The molecule has 0 bridgehead atoms. The maximum Gasteiger partial charge on any atom is 0.416 e. The van der Waals surface area contributed by atoms with Gasteiger partial charge in [0.15, 0.2) is 0 Å². The molecule has 1 atom stereocenters. The van der Waals surface area contributed by atoms with Gasteiger partial charge in [-0.2, -0.15) is 13.2 Å². The maximum atomic E-state index is 12.8. The summed E-state index contributed by atoms with van der Waals surface area (Å²) in [5, 5.41) is 10.1. The van der Waals surface area contributed by atoms with Crippen molar-refractivity contribution >= 4 is 0 Å². The first-order valence-electron chi connectivity index (χ1n) is 6.02. The molecule has 0 amide bonds. The topological polar surface area (TPSA) is 20.2 Å². The average molecular weight is 302 g/mol. The Hall–Kier alpha value is -1.95. The van der Waals surface area contributed by atoms with Crippen LogP contribution in [0.1, 0.15) is 34.8 Å². The van der Waals surface area contributed by atoms with Gasteiger partial charge in [-0.05, 0) is 29.3 Å². The summed E-state index contributed by atoms with van der Waals surface area (Å²) >= 11 is 0. The van der Waals surface area contributed by atoms with E-state index in [0.29, 0.717) is 17.7 Å². The second-order valence-corrected chi connectivity index (χ2v) is 4.50. The highest BCUT2D eigenvalue weighted by molar-refractivity contribution is 5.37. The van der Waals surface area contributed by atoms with Crippen molar-refractivity contribution in [2.45, 2.75) is 18.7 Å². The SMILES string of the molecule is OC(c1ccccc1)c1cc(C(F)F)cc(C(F)(F)F)c1. The summed E-state index contributed by atoms with van der Waals surface area (Å²) in [5.74, 6) is 0. The Balaban J connectivity index is 2.50. The summed E-state index contributed by atoms with van der Waals surface area (Å²) in [7, 11) is 0. The second-order valence-electron chi connectivity index (χ2n) is 4.50. The van der Waals surface area contributed by atoms with E-state index in [1.165, 1.54) is 12.1 Å². The average Bonchev–Trinajstić information content (AvgIpc) is 2.46. The number of benzene rings is 2. The summed E-state index contributed by atoms with van der Waals surface area (Å²) in [4.78, 5) is 0. The molecule has 2 rings (SSSR count). The van der Waals surface area contributed by atoms with Crippen LogP contribution in [0.2, 0.25) is 0 Å². The first-order valence-corrected chi connectivity index (χ1v) is 6.02. The van der Waals surface area contributed by atoms with Crippen molar-refractivity contribution in [3.05, 3.63) is 70.8 Å². The minimum Gasteiger partial charge on any atom is -0.384 e. The summed E-state index contributed by atoms with van der Waals surface area (Å²) in [6, 6.07) is 9.85. The molecule has 0 radical (unpaired) electrons. The number of aliphatic hydroxyl groups excluding tert-OH is 1. The van der Waals surface area contributed by atoms with Gasteiger partial charge in [0.2, 0.25) is 0 Å². The van der Waals surface area contributed by atoms with Gasteiger partial charge in [-0.3, -0.25) is 0 Å². The fourth-order valence-electron chi connectivity index (χ4n) is 1.95. The normalized spacial score (nSPS) is 13.5. The fourth-order valence-corrected chi connectivity index (χ4v) is 1.95. The van der Waals surface area contributed by atoms with Crippen LogP contribution in [0.4, 0.5) is 22.0 Å². The lowest BCUT2D eigenvalue weighted by molar-refractivity contribution is -0.137. The third-order valence-corrected chi connectivity index (χ3v) is 2.99. The van der Waals surface area contributed by atoms with E-state index >= 15 is 0 Å². The summed E-state index contributed by atoms with van der Waals surface area (Å²) in [6.45, 7) is 0. The third kappa shape index (κ3) is 3.58. The summed E-state index contributed by atoms with van der Waals surface area (Å²) < 4.78 is 63.7. The van der Waals surface area contributed by atoms with E-state index in [9.17, 15) is 27.1 Å². The maximum absolute atomic E-state index is 12.8. The molecule has 0 aliphatic carbocycles. The number of halogens is 5. The van der Waals surface area contributed by atoms with E-state index in [0.717, 1.165) is 6.07 Å². The van der Waals surface area contributed by atoms with Crippen molar-refractivity contribution < 1.29 is 27.1 Å². The lowest BCUT2D eigenvalue weighted by atomic mass is 9.97. The van der Waals surface area contributed by atoms with Crippen LogP contribution in [-0.4, -0.2) is 5.11 Å². The van der Waals surface area contributed by atoms with E-state index < -0.39 is 29.8 Å². The molecule has 0 spiro atoms. The Morgan fingerprint density at radius 3 is 1.90 bits per heavy atom. The van der Waals surface area contributed by atoms with Crippen molar-refractivity contribution in [1.29, 1.82) is 0 Å². The van der Waals surface area contributed by atoms with Gasteiger partial charge in [-0.15, -0.1) is 0 Å². The van der Waals surface area contributed by atoms with E-state index in [2.05, 4.69) is 0 Å². The molecule has 0 fully saturated rings. The minimum absolute atomic E-state index is 0.216. The standard InChI is InChI=1S/C15H11F5O/c16-14(17)11-6-10(7-12(8-11)15(18,19)20)13(21)9-4-2-1-3-5-9/h1-8,13-14,21H. The van der Waals surface area contributed by atoms with Crippen LogP contribution in [0, 0.1) is 0 Å². The Kier molecular flexibility index (Phi) is 4.27. The van der Waals surface area contributed by atoms with Gasteiger partial charge >= 0.3 is 6.18 Å². The Bertz CT molecular complexity index is 607. The van der Waals surface area contributed by atoms with Gasteiger partial charge in [-0.1, -0.05) is 30.3 Å². The molecule has 112 valence electrons. The van der Waals surface area contributed by atoms with Crippen LogP contribution >= 0.6 is 0 Å². The Labute approximate surface area is 117 Å². The molecular weight excluding hydrogens is 291 g/mol. The molecule has 1 unspecified atom stereocenters. The van der Waals surface area contributed by atoms with Gasteiger partial charge in [0.05, 0.1) is 5.56 Å². The largest absolute Gasteiger partial charge is 0.416 e. The lowest BCUT2D eigenvalue weighted by Gasteiger charge is -2.16. The predicted molar refractivity (Wildman–Crippen MR) is 66.9 cm³/mol. The first kappa shape index (κ1) is 15.4. The minimum atomic E-state index is -4.75. The first-order chi connectivity index (χ1) is 9.79.